The van der Waals surface area contributed by atoms with Gasteiger partial charge in [0.2, 0.25) is 0 Å². The third kappa shape index (κ3) is 4.06. The normalized spacial score (nSPS) is 14.1. The Morgan fingerprint density at radius 1 is 1.20 bits per heavy atom. The van der Waals surface area contributed by atoms with Gasteiger partial charge in [0.15, 0.2) is 0 Å². The van der Waals surface area contributed by atoms with Crippen LogP contribution in [0, 0.1) is 0 Å². The predicted molar refractivity (Wildman–Crippen MR) is 85.7 cm³/mol. The van der Waals surface area contributed by atoms with Crippen LogP contribution in [0.2, 0.25) is 0 Å². The molecule has 0 aliphatic carbocycles. The molecule has 1 rings (SSSR count). The predicted octanol–water partition coefficient (Wildman–Crippen LogP) is 3.96. The van der Waals surface area contributed by atoms with Gasteiger partial charge in [0.1, 0.15) is 0 Å². The van der Waals surface area contributed by atoms with Crippen molar-refractivity contribution >= 4 is 21.9 Å². The quantitative estimate of drug-likeness (QED) is 0.703. The van der Waals surface area contributed by atoms with E-state index >= 15 is 0 Å². The Hall–Kier alpha value is -0.870. The lowest BCUT2D eigenvalue weighted by Crippen LogP contribution is -2.45. The summed E-state index contributed by atoms with van der Waals surface area (Å²) < 4.78 is 6.19. The van der Waals surface area contributed by atoms with Gasteiger partial charge in [0.05, 0.1) is 18.6 Å². The molecule has 0 N–H and O–H groups in total. The maximum absolute atomic E-state index is 12.0. The summed E-state index contributed by atoms with van der Waals surface area (Å²) in [5, 5.41) is 0. The Kier molecular flexibility index (Phi) is 6.69. The molecule has 20 heavy (non-hydrogen) atoms. The summed E-state index contributed by atoms with van der Waals surface area (Å²) in [6, 6.07) is 8.17. The summed E-state index contributed by atoms with van der Waals surface area (Å²) >= 11 is 3.45. The molecular formula is C16H24BrNO2. The minimum atomic E-state index is -0.337. The first kappa shape index (κ1) is 17.2. The van der Waals surface area contributed by atoms with Crippen molar-refractivity contribution in [3.63, 3.8) is 0 Å². The molecule has 3 nitrogen and oxygen atoms in total. The van der Waals surface area contributed by atoms with Crippen LogP contribution in [0.1, 0.15) is 39.7 Å². The van der Waals surface area contributed by atoms with Crippen molar-refractivity contribution < 1.29 is 9.53 Å². The van der Waals surface area contributed by atoms with Crippen molar-refractivity contribution in [2.24, 2.45) is 0 Å². The number of benzene rings is 1. The second kappa shape index (κ2) is 7.79. The van der Waals surface area contributed by atoms with Crippen LogP contribution in [0.15, 0.2) is 28.7 Å². The molecule has 4 heteroatoms. The van der Waals surface area contributed by atoms with E-state index in [1.165, 1.54) is 0 Å². The number of esters is 1. The van der Waals surface area contributed by atoms with Crippen molar-refractivity contribution in [2.75, 3.05) is 19.7 Å². The highest BCUT2D eigenvalue weighted by atomic mass is 79.9. The monoisotopic (exact) mass is 341 g/mol. The number of carbonyl (C=O) groups is 1. The lowest BCUT2D eigenvalue weighted by molar-refractivity contribution is -0.146. The minimum Gasteiger partial charge on any atom is -0.466 e. The highest BCUT2D eigenvalue weighted by molar-refractivity contribution is 9.10. The Morgan fingerprint density at radius 2 is 1.75 bits per heavy atom. The van der Waals surface area contributed by atoms with E-state index in [2.05, 4.69) is 53.7 Å². The molecule has 0 aromatic heterocycles. The topological polar surface area (TPSA) is 29.5 Å². The second-order valence-corrected chi connectivity index (χ2v) is 5.85. The van der Waals surface area contributed by atoms with Crippen molar-refractivity contribution in [3.05, 3.63) is 34.3 Å². The van der Waals surface area contributed by atoms with Gasteiger partial charge in [-0.1, -0.05) is 41.9 Å². The molecule has 0 radical (unpaired) electrons. The molecule has 0 aliphatic rings. The van der Waals surface area contributed by atoms with Crippen LogP contribution in [0.25, 0.3) is 0 Å². The summed E-state index contributed by atoms with van der Waals surface area (Å²) in [5.41, 5.74) is 0.800. The molecule has 1 aromatic carbocycles. The van der Waals surface area contributed by atoms with Gasteiger partial charge in [-0.05, 0) is 44.6 Å². The first-order chi connectivity index (χ1) is 9.47. The first-order valence-corrected chi connectivity index (χ1v) is 7.93. The number of nitrogens with zero attached hydrogens (tertiary/aromatic N) is 1. The van der Waals surface area contributed by atoms with Crippen LogP contribution in [0.4, 0.5) is 0 Å². The van der Waals surface area contributed by atoms with E-state index in [-0.39, 0.29) is 11.5 Å². The van der Waals surface area contributed by atoms with Gasteiger partial charge in [-0.25, -0.2) is 0 Å². The SMILES string of the molecule is CCOC(=O)CC(C)(c1ccc(Br)cc1)N(CC)CC. The first-order valence-electron chi connectivity index (χ1n) is 7.14. The second-order valence-electron chi connectivity index (χ2n) is 4.93. The van der Waals surface area contributed by atoms with Crippen LogP contribution < -0.4 is 0 Å². The van der Waals surface area contributed by atoms with Gasteiger partial charge < -0.3 is 4.74 Å². The molecule has 112 valence electrons. The highest BCUT2D eigenvalue weighted by Crippen LogP contribution is 2.33. The fraction of sp³-hybridized carbons (Fsp3) is 0.562. The minimum absolute atomic E-state index is 0.148. The number of ether oxygens (including phenoxy) is 1. The molecular weight excluding hydrogens is 318 g/mol. The molecule has 0 fully saturated rings. The van der Waals surface area contributed by atoms with Crippen LogP contribution in [-0.2, 0) is 15.1 Å². The Bertz CT molecular complexity index is 429. The van der Waals surface area contributed by atoms with Crippen molar-refractivity contribution in [1.29, 1.82) is 0 Å². The number of rotatable bonds is 7. The molecule has 0 bridgehead atoms. The molecule has 1 aromatic rings. The van der Waals surface area contributed by atoms with Crippen molar-refractivity contribution in [3.8, 4) is 0 Å². The molecule has 0 heterocycles. The molecule has 1 unspecified atom stereocenters. The van der Waals surface area contributed by atoms with E-state index in [1.54, 1.807) is 0 Å². The van der Waals surface area contributed by atoms with E-state index in [1.807, 2.05) is 19.1 Å². The zero-order valence-electron chi connectivity index (χ0n) is 12.8. The van der Waals surface area contributed by atoms with Crippen LogP contribution in [0.5, 0.6) is 0 Å². The van der Waals surface area contributed by atoms with E-state index in [4.69, 9.17) is 4.74 Å². The Morgan fingerprint density at radius 3 is 2.20 bits per heavy atom. The average Bonchev–Trinajstić information content (AvgIpc) is 2.40. The van der Waals surface area contributed by atoms with E-state index in [0.29, 0.717) is 13.0 Å². The third-order valence-electron chi connectivity index (χ3n) is 3.72. The van der Waals surface area contributed by atoms with Gasteiger partial charge in [-0.3, -0.25) is 9.69 Å². The summed E-state index contributed by atoms with van der Waals surface area (Å²) in [6.45, 7) is 10.4. The van der Waals surface area contributed by atoms with Crippen LogP contribution in [0.3, 0.4) is 0 Å². The summed E-state index contributed by atoms with van der Waals surface area (Å²) in [4.78, 5) is 14.3. The largest absolute Gasteiger partial charge is 0.466 e. The maximum atomic E-state index is 12.0. The number of halogens is 1. The van der Waals surface area contributed by atoms with Gasteiger partial charge in [-0.2, -0.15) is 0 Å². The van der Waals surface area contributed by atoms with Gasteiger partial charge in [0.25, 0.3) is 0 Å². The molecule has 0 spiro atoms. The summed E-state index contributed by atoms with van der Waals surface area (Å²) in [5.74, 6) is -0.148. The lowest BCUT2D eigenvalue weighted by Gasteiger charge is -2.40. The smallest absolute Gasteiger partial charge is 0.307 e. The molecule has 0 aliphatic heterocycles. The number of hydrogen-bond donors (Lipinski definition) is 0. The van der Waals surface area contributed by atoms with Gasteiger partial charge >= 0.3 is 5.97 Å². The standard InChI is InChI=1S/C16H24BrNO2/c1-5-18(6-2)16(4,12-15(19)20-7-3)13-8-10-14(17)11-9-13/h8-11H,5-7,12H2,1-4H3. The summed E-state index contributed by atoms with van der Waals surface area (Å²) in [7, 11) is 0. The lowest BCUT2D eigenvalue weighted by atomic mass is 9.86. The third-order valence-corrected chi connectivity index (χ3v) is 4.25. The molecule has 0 saturated carbocycles. The van der Waals surface area contributed by atoms with Crippen LogP contribution in [-0.4, -0.2) is 30.6 Å². The maximum Gasteiger partial charge on any atom is 0.307 e. The van der Waals surface area contributed by atoms with E-state index in [0.717, 1.165) is 23.1 Å². The fourth-order valence-electron chi connectivity index (χ4n) is 2.62. The van der Waals surface area contributed by atoms with Crippen molar-refractivity contribution in [1.82, 2.24) is 4.90 Å². The van der Waals surface area contributed by atoms with Crippen molar-refractivity contribution in [2.45, 2.75) is 39.7 Å². The van der Waals surface area contributed by atoms with Crippen LogP contribution >= 0.6 is 15.9 Å². The Labute approximate surface area is 130 Å². The molecule has 0 saturated heterocycles. The highest BCUT2D eigenvalue weighted by Gasteiger charge is 2.35. The molecule has 1 atom stereocenters. The van der Waals surface area contributed by atoms with Gasteiger partial charge in [-0.15, -0.1) is 0 Å². The van der Waals surface area contributed by atoms with E-state index in [9.17, 15) is 4.79 Å². The number of hydrogen-bond acceptors (Lipinski definition) is 3. The van der Waals surface area contributed by atoms with Gasteiger partial charge in [0, 0.05) is 4.47 Å². The Balaban J connectivity index is 3.11. The van der Waals surface area contributed by atoms with E-state index < -0.39 is 0 Å². The summed E-state index contributed by atoms with van der Waals surface area (Å²) in [6.07, 6.45) is 0.365. The zero-order chi connectivity index (χ0) is 15.2. The average molecular weight is 342 g/mol. The zero-order valence-corrected chi connectivity index (χ0v) is 14.4. The number of carbonyl (C=O) groups excluding carboxylic acids is 1. The fourth-order valence-corrected chi connectivity index (χ4v) is 2.88. The molecule has 0 amide bonds.